The summed E-state index contributed by atoms with van der Waals surface area (Å²) in [4.78, 5) is 20.7. The number of likely N-dealkylation sites (N-methyl/N-ethyl adjacent to an activating group) is 1. The van der Waals surface area contributed by atoms with Crippen LogP contribution >= 0.6 is 11.6 Å². The van der Waals surface area contributed by atoms with E-state index in [9.17, 15) is 13.2 Å². The average molecular weight is 656 g/mol. The van der Waals surface area contributed by atoms with Gasteiger partial charge in [0.25, 0.3) is 0 Å². The van der Waals surface area contributed by atoms with Crippen LogP contribution in [0, 0.1) is 0 Å². The van der Waals surface area contributed by atoms with Gasteiger partial charge in [0, 0.05) is 56.1 Å². The van der Waals surface area contributed by atoms with Gasteiger partial charge in [-0.2, -0.15) is 13.2 Å². The zero-order chi connectivity index (χ0) is 31.8. The number of alkyl halides is 3. The summed E-state index contributed by atoms with van der Waals surface area (Å²) >= 11 is 6.04. The van der Waals surface area contributed by atoms with Crippen LogP contribution < -0.4 is 0 Å². The number of likely N-dealkylation sites (tertiary alicyclic amines) is 1. The minimum Gasteiger partial charge on any atom is -0.376 e. The van der Waals surface area contributed by atoms with E-state index >= 15 is 0 Å². The molecule has 0 spiro atoms. The largest absolute Gasteiger partial charge is 0.451 e. The molecule has 3 aliphatic rings. The van der Waals surface area contributed by atoms with Crippen LogP contribution in [0.15, 0.2) is 53.8 Å². The van der Waals surface area contributed by atoms with Gasteiger partial charge >= 0.3 is 6.18 Å². The topological polar surface area (TPSA) is 110 Å². The van der Waals surface area contributed by atoms with Gasteiger partial charge in [0.05, 0.1) is 25.3 Å². The Hall–Kier alpha value is -3.85. The number of imidazole rings is 1. The maximum atomic E-state index is 13.1. The molecule has 0 bridgehead atoms. The predicted octanol–water partition coefficient (Wildman–Crippen LogP) is 5.08. The lowest BCUT2D eigenvalue weighted by molar-refractivity contribution is -0.144. The van der Waals surface area contributed by atoms with Crippen LogP contribution in [-0.2, 0) is 35.2 Å². The Kier molecular flexibility index (Phi) is 8.53. The molecule has 2 atom stereocenters. The van der Waals surface area contributed by atoms with Gasteiger partial charge in [-0.05, 0) is 49.1 Å². The van der Waals surface area contributed by atoms with Crippen molar-refractivity contribution < 1.29 is 22.6 Å². The first-order valence-corrected chi connectivity index (χ1v) is 15.6. The number of nitrogens with zero attached hydrogens (tertiary/aromatic N) is 8. The van der Waals surface area contributed by atoms with Gasteiger partial charge in [0.1, 0.15) is 17.2 Å². The van der Waals surface area contributed by atoms with Gasteiger partial charge in [0.2, 0.25) is 5.82 Å². The zero-order valence-corrected chi connectivity index (χ0v) is 25.9. The highest BCUT2D eigenvalue weighted by atomic mass is 35.5. The van der Waals surface area contributed by atoms with Crippen molar-refractivity contribution in [2.24, 2.45) is 4.99 Å². The van der Waals surface area contributed by atoms with Crippen molar-refractivity contribution in [2.45, 2.75) is 63.4 Å². The van der Waals surface area contributed by atoms with Gasteiger partial charge in [-0.1, -0.05) is 23.7 Å². The molecule has 46 heavy (non-hydrogen) atoms. The number of rotatable bonds is 9. The summed E-state index contributed by atoms with van der Waals surface area (Å²) < 4.78 is 53.5. The first kappa shape index (κ1) is 30.8. The lowest BCUT2D eigenvalue weighted by Crippen LogP contribution is -2.45. The number of ether oxygens (including phenoxy) is 2. The fourth-order valence-electron chi connectivity index (χ4n) is 5.91. The summed E-state index contributed by atoms with van der Waals surface area (Å²) in [5, 5.41) is 7.62. The number of aromatic amines is 1. The number of aromatic nitrogens is 6. The average Bonchev–Trinajstić information content (AvgIpc) is 3.64. The molecule has 15 heteroatoms. The van der Waals surface area contributed by atoms with E-state index in [1.165, 1.54) is 6.20 Å². The van der Waals surface area contributed by atoms with Crippen LogP contribution in [0.3, 0.4) is 0 Å². The fraction of sp³-hybridized carbons (Fsp3) is 0.452. The highest BCUT2D eigenvalue weighted by Gasteiger charge is 2.35. The Morgan fingerprint density at radius 3 is 2.59 bits per heavy atom. The van der Waals surface area contributed by atoms with Crippen LogP contribution in [0.1, 0.15) is 36.5 Å². The van der Waals surface area contributed by atoms with Gasteiger partial charge in [0.15, 0.2) is 17.7 Å². The van der Waals surface area contributed by atoms with Crippen LogP contribution in [0.2, 0.25) is 5.02 Å². The monoisotopic (exact) mass is 655 g/mol. The molecule has 11 nitrogen and oxygen atoms in total. The van der Waals surface area contributed by atoms with Crippen molar-refractivity contribution in [3.63, 3.8) is 0 Å². The van der Waals surface area contributed by atoms with Crippen LogP contribution in [0.5, 0.6) is 0 Å². The van der Waals surface area contributed by atoms with E-state index < -0.39 is 12.0 Å². The maximum absolute atomic E-state index is 13.1. The van der Waals surface area contributed by atoms with Crippen LogP contribution in [-0.4, -0.2) is 90.5 Å². The van der Waals surface area contributed by atoms with Crippen molar-refractivity contribution in [1.29, 1.82) is 0 Å². The third-order valence-electron chi connectivity index (χ3n) is 8.64. The second kappa shape index (κ2) is 12.7. The van der Waals surface area contributed by atoms with Gasteiger partial charge in [-0.25, -0.2) is 15.0 Å². The number of amidine groups is 1. The minimum absolute atomic E-state index is 0.0101. The molecular weight excluding hydrogens is 623 g/mol. The van der Waals surface area contributed by atoms with Gasteiger partial charge in [-0.3, -0.25) is 4.90 Å². The van der Waals surface area contributed by atoms with Crippen molar-refractivity contribution in [1.82, 2.24) is 39.5 Å². The number of aliphatic imine (C=N–C) groups is 1. The first-order chi connectivity index (χ1) is 22.2. The molecule has 0 aliphatic carbocycles. The van der Waals surface area contributed by atoms with E-state index in [4.69, 9.17) is 26.1 Å². The lowest BCUT2D eigenvalue weighted by Gasteiger charge is -2.37. The Morgan fingerprint density at radius 2 is 1.89 bits per heavy atom. The second-order valence-electron chi connectivity index (χ2n) is 11.8. The van der Waals surface area contributed by atoms with Gasteiger partial charge < -0.3 is 23.9 Å². The number of pyridine rings is 1. The molecule has 0 radical (unpaired) electrons. The molecule has 1 aromatic carbocycles. The third kappa shape index (κ3) is 6.66. The summed E-state index contributed by atoms with van der Waals surface area (Å²) in [6.45, 7) is 3.60. The second-order valence-corrected chi connectivity index (χ2v) is 12.2. The Morgan fingerprint density at radius 1 is 1.11 bits per heavy atom. The number of benzene rings is 1. The molecule has 242 valence electrons. The molecule has 2 saturated heterocycles. The van der Waals surface area contributed by atoms with Crippen LogP contribution in [0.4, 0.5) is 13.2 Å². The predicted molar refractivity (Wildman–Crippen MR) is 165 cm³/mol. The number of piperidine rings is 1. The molecule has 3 aliphatic heterocycles. The number of H-pyrrole nitrogens is 1. The molecule has 6 heterocycles. The maximum Gasteiger partial charge on any atom is 0.451 e. The standard InChI is InChI=1S/C31H33ClF3N9O2/c1-42-25(14-19-2-4-21(32)5-3-19)36-10-6-27(42)46-22-7-11-43(12-8-22)18-26-38-24-15-20(28-39-30(41-40-28)31(33,34)35)16-37-29(24)44(26)17-23-9-13-45-23/h2-6,10,15-16,22-23,27H,7-9,11-14,17-18H2,1H3,(H,39,40,41)/t23-,27?/m0/s1. The summed E-state index contributed by atoms with van der Waals surface area (Å²) in [5.74, 6) is 0.605. The molecule has 3 aromatic heterocycles. The van der Waals surface area contributed by atoms with E-state index in [2.05, 4.69) is 39.5 Å². The summed E-state index contributed by atoms with van der Waals surface area (Å²) in [6.07, 6.45) is 4.03. The molecular formula is C31H33ClF3N9O2. The molecule has 0 amide bonds. The van der Waals surface area contributed by atoms with Crippen molar-refractivity contribution in [2.75, 3.05) is 26.7 Å². The Labute approximate surface area is 268 Å². The molecule has 2 fully saturated rings. The van der Waals surface area contributed by atoms with Crippen LogP contribution in [0.25, 0.3) is 22.6 Å². The molecule has 1 unspecified atom stereocenters. The Bertz CT molecular complexity index is 1740. The summed E-state index contributed by atoms with van der Waals surface area (Å²) in [5.41, 5.74) is 2.75. The highest BCUT2D eigenvalue weighted by Crippen LogP contribution is 2.29. The van der Waals surface area contributed by atoms with E-state index in [-0.39, 0.29) is 24.3 Å². The van der Waals surface area contributed by atoms with Crippen molar-refractivity contribution in [3.8, 4) is 11.4 Å². The van der Waals surface area contributed by atoms with Crippen molar-refractivity contribution >= 4 is 28.6 Å². The SMILES string of the molecule is CN1C(Cc2ccc(Cl)cc2)=NC=CC1OC1CCN(Cc2nc3cc(-c4nnc(C(F)(F)F)[nH]4)cnc3n2C[C@@H]2CCO2)CC1. The normalized spacial score (nSPS) is 21.2. The summed E-state index contributed by atoms with van der Waals surface area (Å²) in [6, 6.07) is 9.49. The Balaban J connectivity index is 1.000. The smallest absolute Gasteiger partial charge is 0.376 e. The number of hydrogen-bond acceptors (Lipinski definition) is 9. The molecule has 0 saturated carbocycles. The quantitative estimate of drug-likeness (QED) is 0.266. The fourth-order valence-corrected chi connectivity index (χ4v) is 6.04. The lowest BCUT2D eigenvalue weighted by atomic mass is 10.1. The number of nitrogens with one attached hydrogen (secondary N) is 1. The van der Waals surface area contributed by atoms with E-state index in [0.29, 0.717) is 41.3 Å². The van der Waals surface area contributed by atoms with Gasteiger partial charge in [-0.15, -0.1) is 10.2 Å². The molecule has 7 rings (SSSR count). The molecule has 4 aromatic rings. The summed E-state index contributed by atoms with van der Waals surface area (Å²) in [7, 11) is 2.01. The van der Waals surface area contributed by atoms with Crippen molar-refractivity contribution in [3.05, 3.63) is 71.0 Å². The highest BCUT2D eigenvalue weighted by molar-refractivity contribution is 6.30. The van der Waals surface area contributed by atoms with E-state index in [1.807, 2.05) is 43.6 Å². The zero-order valence-electron chi connectivity index (χ0n) is 25.1. The first-order valence-electron chi connectivity index (χ1n) is 15.2. The third-order valence-corrected chi connectivity index (χ3v) is 8.89. The number of hydrogen-bond donors (Lipinski definition) is 1. The van der Waals surface area contributed by atoms with E-state index in [0.717, 1.165) is 56.2 Å². The number of fused-ring (bicyclic) bond motifs is 1. The number of halogens is 4. The van der Waals surface area contributed by atoms with E-state index in [1.54, 1.807) is 6.07 Å². The molecule has 1 N–H and O–H groups in total. The minimum atomic E-state index is -4.61.